The largest absolute Gasteiger partial charge is 0.861 e. The second-order valence-corrected chi connectivity index (χ2v) is 15.8. The maximum atomic E-state index is 13.4. The number of hydrogen-bond acceptors (Lipinski definition) is 10. The SMILES string of the molecule is O=C(COc1ccc(S(=O)(=O)[O-])c(I)c1)OCCOC12CC3CC(C1)CC(/C([O-])=N/S(=O)(=O)c1ccc(C(F)(F)F)cc1)(C3)C2. The highest BCUT2D eigenvalue weighted by atomic mass is 127. The summed E-state index contributed by atoms with van der Waals surface area (Å²) >= 11 is 1.67. The van der Waals surface area contributed by atoms with E-state index in [1.165, 1.54) is 12.1 Å². The van der Waals surface area contributed by atoms with Crippen LogP contribution in [0.5, 0.6) is 5.75 Å². The Balaban J connectivity index is 1.18. The summed E-state index contributed by atoms with van der Waals surface area (Å²) in [5.74, 6) is -1.20. The number of halogens is 4. The van der Waals surface area contributed by atoms with Crippen LogP contribution in [0, 0.1) is 20.8 Å². The minimum atomic E-state index is -4.65. The second kappa shape index (κ2) is 12.3. The molecule has 0 saturated heterocycles. The molecule has 0 heterocycles. The van der Waals surface area contributed by atoms with E-state index < -0.39 is 71.2 Å². The van der Waals surface area contributed by atoms with Gasteiger partial charge in [0, 0.05) is 8.99 Å². The third-order valence-electron chi connectivity index (χ3n) is 8.43. The van der Waals surface area contributed by atoms with Crippen LogP contribution >= 0.6 is 22.6 Å². The molecule has 0 N–H and O–H groups in total. The van der Waals surface area contributed by atoms with E-state index >= 15 is 0 Å². The van der Waals surface area contributed by atoms with Gasteiger partial charge in [0.25, 0.3) is 10.0 Å². The van der Waals surface area contributed by atoms with E-state index in [1.54, 1.807) is 22.6 Å². The molecule has 2 aromatic carbocycles. The smallest absolute Gasteiger partial charge is 0.416 e. The number of nitrogens with zero attached hydrogens (tertiary/aromatic N) is 1. The van der Waals surface area contributed by atoms with E-state index in [-0.39, 0.29) is 40.8 Å². The summed E-state index contributed by atoms with van der Waals surface area (Å²) in [5.41, 5.74) is -2.84. The molecule has 4 saturated carbocycles. The van der Waals surface area contributed by atoms with E-state index in [4.69, 9.17) is 14.2 Å². The van der Waals surface area contributed by atoms with Gasteiger partial charge >= 0.3 is 12.1 Å². The summed E-state index contributed by atoms with van der Waals surface area (Å²) in [5, 5.41) is 13.4. The normalized spacial score (nSPS) is 26.6. The highest BCUT2D eigenvalue weighted by molar-refractivity contribution is 14.1. The van der Waals surface area contributed by atoms with Crippen molar-refractivity contribution in [2.45, 2.75) is 60.1 Å². The highest BCUT2D eigenvalue weighted by Crippen LogP contribution is 2.63. The molecule has 0 aliphatic heterocycles. The average molecular weight is 786 g/mol. The first kappa shape index (κ1) is 33.9. The minimum Gasteiger partial charge on any atom is -0.861 e. The quantitative estimate of drug-likeness (QED) is 0.0819. The molecule has 0 radical (unpaired) electrons. The molecule has 2 atom stereocenters. The molecule has 6 rings (SSSR count). The molecule has 17 heteroatoms. The Morgan fingerprint density at radius 3 is 2.22 bits per heavy atom. The monoisotopic (exact) mass is 785 g/mol. The maximum Gasteiger partial charge on any atom is 0.416 e. The number of rotatable bonds is 11. The van der Waals surface area contributed by atoms with Crippen molar-refractivity contribution in [1.82, 2.24) is 0 Å². The molecule has 2 aromatic rings. The summed E-state index contributed by atoms with van der Waals surface area (Å²) in [4.78, 5) is 11.3. The van der Waals surface area contributed by atoms with Crippen molar-refractivity contribution in [1.29, 1.82) is 0 Å². The van der Waals surface area contributed by atoms with E-state index in [2.05, 4.69) is 4.40 Å². The Morgan fingerprint density at radius 2 is 1.64 bits per heavy atom. The van der Waals surface area contributed by atoms with Gasteiger partial charge in [-0.15, -0.1) is 0 Å². The van der Waals surface area contributed by atoms with Crippen LogP contribution in [-0.4, -0.2) is 58.7 Å². The molecular formula is C28H27F3INO10S2-2. The van der Waals surface area contributed by atoms with Gasteiger partial charge in [-0.2, -0.15) is 26.0 Å². The molecule has 0 spiro atoms. The van der Waals surface area contributed by atoms with Crippen LogP contribution in [0.3, 0.4) is 0 Å². The number of sulfonamides is 1. The molecule has 2 unspecified atom stereocenters. The van der Waals surface area contributed by atoms with Gasteiger partial charge in [0.1, 0.15) is 22.5 Å². The Morgan fingerprint density at radius 1 is 1.00 bits per heavy atom. The molecule has 4 fully saturated rings. The number of benzene rings is 2. The second-order valence-electron chi connectivity index (χ2n) is 11.7. The predicted octanol–water partition coefficient (Wildman–Crippen LogP) is 3.64. The Bertz CT molecular complexity index is 1700. The summed E-state index contributed by atoms with van der Waals surface area (Å²) in [6.07, 6.45) is -1.39. The number of carbonyl (C=O) groups is 1. The Kier molecular flexibility index (Phi) is 9.24. The fourth-order valence-corrected chi connectivity index (χ4v) is 9.87. The topological polar surface area (TPSA) is 172 Å². The zero-order chi connectivity index (χ0) is 32.8. The van der Waals surface area contributed by atoms with Crippen molar-refractivity contribution in [3.8, 4) is 5.75 Å². The predicted molar refractivity (Wildman–Crippen MR) is 155 cm³/mol. The van der Waals surface area contributed by atoms with Gasteiger partial charge < -0.3 is 23.9 Å². The van der Waals surface area contributed by atoms with Gasteiger partial charge in [-0.25, -0.2) is 13.2 Å². The average Bonchev–Trinajstić information content (AvgIpc) is 2.92. The number of ether oxygens (including phenoxy) is 3. The molecule has 4 aliphatic carbocycles. The van der Waals surface area contributed by atoms with Crippen molar-refractivity contribution >= 4 is 54.6 Å². The van der Waals surface area contributed by atoms with E-state index in [9.17, 15) is 44.5 Å². The summed E-state index contributed by atoms with van der Waals surface area (Å²) in [6, 6.07) is 6.44. The number of alkyl halides is 3. The van der Waals surface area contributed by atoms with Crippen molar-refractivity contribution < 1.29 is 58.7 Å². The van der Waals surface area contributed by atoms with Gasteiger partial charge in [0.15, 0.2) is 6.61 Å². The lowest BCUT2D eigenvalue weighted by Crippen LogP contribution is -2.61. The first-order chi connectivity index (χ1) is 20.9. The third kappa shape index (κ3) is 7.58. The number of esters is 1. The van der Waals surface area contributed by atoms with Crippen LogP contribution < -0.4 is 9.84 Å². The van der Waals surface area contributed by atoms with Crippen LogP contribution in [-0.2, 0) is 40.6 Å². The lowest BCUT2D eigenvalue weighted by Gasteiger charge is -2.62. The summed E-state index contributed by atoms with van der Waals surface area (Å²) in [7, 11) is -9.19. The summed E-state index contributed by atoms with van der Waals surface area (Å²) in [6.45, 7) is -0.608. The molecule has 246 valence electrons. The third-order valence-corrected chi connectivity index (χ3v) is 11.9. The standard InChI is InChI=1S/C28H29F3INO10S2/c29-28(30,31)19-1-4-21(5-2-19)44(36,37)33-25(35)26-11-17-9-18(12-26)14-27(13-17,16-26)43-8-7-41-24(34)15-42-20-3-6-23(22(32)10-20)45(38,39)40/h1-6,10,17-18H,7-9,11-16H2,(H,33,35)(H,38,39,40)/p-2. The van der Waals surface area contributed by atoms with Crippen molar-refractivity contribution in [2.75, 3.05) is 19.8 Å². The van der Waals surface area contributed by atoms with E-state index in [0.717, 1.165) is 24.6 Å². The summed E-state index contributed by atoms with van der Waals surface area (Å²) < 4.78 is 118. The van der Waals surface area contributed by atoms with Crippen LogP contribution in [0.4, 0.5) is 13.2 Å². The van der Waals surface area contributed by atoms with Gasteiger partial charge in [0.2, 0.25) is 0 Å². The molecule has 11 nitrogen and oxygen atoms in total. The van der Waals surface area contributed by atoms with Crippen LogP contribution in [0.15, 0.2) is 56.7 Å². The minimum absolute atomic E-state index is 0.00437. The van der Waals surface area contributed by atoms with Gasteiger partial charge in [0.05, 0.1) is 27.6 Å². The zero-order valence-corrected chi connectivity index (χ0v) is 27.2. The van der Waals surface area contributed by atoms with E-state index in [0.29, 0.717) is 37.8 Å². The first-order valence-electron chi connectivity index (χ1n) is 13.8. The fourth-order valence-electron chi connectivity index (χ4n) is 7.04. The van der Waals surface area contributed by atoms with Crippen molar-refractivity contribution in [2.24, 2.45) is 21.6 Å². The number of hydrogen-bond donors (Lipinski definition) is 0. The lowest BCUT2D eigenvalue weighted by molar-refractivity contribution is -0.256. The Hall–Kier alpha value is -2.48. The molecular weight excluding hydrogens is 758 g/mol. The molecule has 0 aromatic heterocycles. The molecule has 0 amide bonds. The van der Waals surface area contributed by atoms with Gasteiger partial charge in [-0.3, -0.25) is 0 Å². The van der Waals surface area contributed by atoms with Crippen molar-refractivity contribution in [3.63, 3.8) is 0 Å². The van der Waals surface area contributed by atoms with Gasteiger partial charge in [-0.1, -0.05) is 0 Å². The Labute approximate surface area is 271 Å². The first-order valence-corrected chi connectivity index (χ1v) is 17.7. The van der Waals surface area contributed by atoms with Crippen LogP contribution in [0.1, 0.15) is 44.1 Å². The number of carbonyl (C=O) groups excluding carboxylic acids is 1. The maximum absolute atomic E-state index is 13.4. The highest BCUT2D eigenvalue weighted by Gasteiger charge is 2.58. The van der Waals surface area contributed by atoms with E-state index in [1.807, 2.05) is 0 Å². The van der Waals surface area contributed by atoms with Crippen molar-refractivity contribution in [3.05, 3.63) is 51.6 Å². The van der Waals surface area contributed by atoms with Crippen LogP contribution in [0.2, 0.25) is 0 Å². The lowest BCUT2D eigenvalue weighted by atomic mass is 9.47. The fraction of sp³-hybridized carbons (Fsp3) is 0.500. The molecule has 4 bridgehead atoms. The molecule has 4 aliphatic rings. The zero-order valence-electron chi connectivity index (χ0n) is 23.4. The van der Waals surface area contributed by atoms with Crippen LogP contribution in [0.25, 0.3) is 0 Å². The van der Waals surface area contributed by atoms with Gasteiger partial charge in [-0.05, 0) is 121 Å². The molecule has 45 heavy (non-hydrogen) atoms.